The average molecular weight is 209 g/mol. The quantitative estimate of drug-likeness (QED) is 0.733. The van der Waals surface area contributed by atoms with Crippen LogP contribution >= 0.6 is 0 Å². The molecule has 3 fully saturated rings. The summed E-state index contributed by atoms with van der Waals surface area (Å²) in [7, 11) is 0. The summed E-state index contributed by atoms with van der Waals surface area (Å²) in [4.78, 5) is 24.8. The third kappa shape index (κ3) is 1.20. The van der Waals surface area contributed by atoms with Crippen LogP contribution in [0.1, 0.15) is 32.1 Å². The zero-order valence-corrected chi connectivity index (χ0v) is 8.56. The number of aliphatic carboxylic acids is 1. The highest BCUT2D eigenvalue weighted by Crippen LogP contribution is 2.52. The molecule has 0 aromatic heterocycles. The summed E-state index contributed by atoms with van der Waals surface area (Å²) in [5.41, 5.74) is 0. The zero-order valence-electron chi connectivity index (χ0n) is 8.56. The monoisotopic (exact) mass is 209 g/mol. The van der Waals surface area contributed by atoms with E-state index in [1.54, 1.807) is 4.90 Å². The summed E-state index contributed by atoms with van der Waals surface area (Å²) < 4.78 is 0. The lowest BCUT2D eigenvalue weighted by Gasteiger charge is -2.30. The smallest absolute Gasteiger partial charge is 0.326 e. The Bertz CT molecular complexity index is 322. The number of amides is 1. The van der Waals surface area contributed by atoms with Gasteiger partial charge in [-0.05, 0) is 19.3 Å². The molecular weight excluding hydrogens is 194 g/mol. The molecule has 3 aliphatic rings. The second-order valence-electron chi connectivity index (χ2n) is 4.97. The standard InChI is InChI=1S/C11H15NO3/c13-10-8-5-7(8)9(11(14)15)12(10)6-3-1-2-4-6/h6-9H,1-5H2,(H,14,15). The number of likely N-dealkylation sites (tertiary alicyclic amines) is 1. The van der Waals surface area contributed by atoms with Gasteiger partial charge in [0.05, 0.1) is 0 Å². The molecule has 82 valence electrons. The highest BCUT2D eigenvalue weighted by atomic mass is 16.4. The van der Waals surface area contributed by atoms with E-state index in [1.807, 2.05) is 0 Å². The second kappa shape index (κ2) is 2.97. The normalized spacial score (nSPS) is 39.6. The van der Waals surface area contributed by atoms with Crippen molar-refractivity contribution in [1.82, 2.24) is 4.90 Å². The number of carboxylic acid groups (broad SMARTS) is 1. The van der Waals surface area contributed by atoms with E-state index >= 15 is 0 Å². The molecule has 3 atom stereocenters. The molecule has 1 N–H and O–H groups in total. The molecule has 15 heavy (non-hydrogen) atoms. The van der Waals surface area contributed by atoms with Crippen molar-refractivity contribution >= 4 is 11.9 Å². The minimum Gasteiger partial charge on any atom is -0.480 e. The van der Waals surface area contributed by atoms with Crippen molar-refractivity contribution in [3.63, 3.8) is 0 Å². The molecule has 0 aromatic carbocycles. The van der Waals surface area contributed by atoms with Crippen molar-refractivity contribution in [3.8, 4) is 0 Å². The summed E-state index contributed by atoms with van der Waals surface area (Å²) in [5.74, 6) is -0.526. The van der Waals surface area contributed by atoms with E-state index in [0.717, 1.165) is 32.1 Å². The van der Waals surface area contributed by atoms with Gasteiger partial charge >= 0.3 is 5.97 Å². The summed E-state index contributed by atoms with van der Waals surface area (Å²) >= 11 is 0. The number of hydrogen-bond donors (Lipinski definition) is 1. The predicted octanol–water partition coefficient (Wildman–Crippen LogP) is 0.860. The van der Waals surface area contributed by atoms with Crippen LogP contribution in [0.5, 0.6) is 0 Å². The number of rotatable bonds is 2. The first-order valence-corrected chi connectivity index (χ1v) is 5.75. The van der Waals surface area contributed by atoms with Crippen LogP contribution < -0.4 is 0 Å². The lowest BCUT2D eigenvalue weighted by molar-refractivity contribution is -0.149. The van der Waals surface area contributed by atoms with Gasteiger partial charge in [0.15, 0.2) is 0 Å². The Morgan fingerprint density at radius 1 is 1.33 bits per heavy atom. The van der Waals surface area contributed by atoms with Crippen molar-refractivity contribution in [1.29, 1.82) is 0 Å². The molecule has 3 rings (SSSR count). The fourth-order valence-electron chi connectivity index (χ4n) is 3.27. The van der Waals surface area contributed by atoms with E-state index in [1.165, 1.54) is 0 Å². The van der Waals surface area contributed by atoms with Crippen molar-refractivity contribution in [3.05, 3.63) is 0 Å². The van der Waals surface area contributed by atoms with Gasteiger partial charge in [-0.2, -0.15) is 0 Å². The van der Waals surface area contributed by atoms with E-state index in [4.69, 9.17) is 5.11 Å². The maximum absolute atomic E-state index is 11.9. The van der Waals surface area contributed by atoms with Crippen LogP contribution in [0, 0.1) is 11.8 Å². The minimum atomic E-state index is -0.805. The third-order valence-corrected chi connectivity index (χ3v) is 4.09. The molecule has 1 saturated heterocycles. The van der Waals surface area contributed by atoms with Gasteiger partial charge in [-0.25, -0.2) is 4.79 Å². The van der Waals surface area contributed by atoms with Crippen LogP contribution in [-0.2, 0) is 9.59 Å². The van der Waals surface area contributed by atoms with Gasteiger partial charge in [0.2, 0.25) is 5.91 Å². The SMILES string of the molecule is O=C(O)C1C2CC2C(=O)N1C1CCCC1. The van der Waals surface area contributed by atoms with Crippen LogP contribution in [-0.4, -0.2) is 34.0 Å². The van der Waals surface area contributed by atoms with E-state index in [2.05, 4.69) is 0 Å². The largest absolute Gasteiger partial charge is 0.480 e. The number of fused-ring (bicyclic) bond motifs is 1. The highest BCUT2D eigenvalue weighted by Gasteiger charge is 2.62. The van der Waals surface area contributed by atoms with Crippen LogP contribution in [0.2, 0.25) is 0 Å². The highest BCUT2D eigenvalue weighted by molar-refractivity contribution is 5.93. The first-order chi connectivity index (χ1) is 7.20. The lowest BCUT2D eigenvalue weighted by Crippen LogP contribution is -2.47. The maximum Gasteiger partial charge on any atom is 0.326 e. The van der Waals surface area contributed by atoms with Gasteiger partial charge in [0.25, 0.3) is 0 Å². The summed E-state index contributed by atoms with van der Waals surface area (Å²) in [6, 6.07) is -0.294. The Morgan fingerprint density at radius 3 is 2.60 bits per heavy atom. The van der Waals surface area contributed by atoms with Crippen LogP contribution in [0.25, 0.3) is 0 Å². The molecule has 4 nitrogen and oxygen atoms in total. The number of piperidine rings is 1. The molecule has 2 saturated carbocycles. The lowest BCUT2D eigenvalue weighted by atomic mass is 10.1. The first kappa shape index (κ1) is 9.19. The van der Waals surface area contributed by atoms with Crippen molar-refractivity contribution in [2.75, 3.05) is 0 Å². The van der Waals surface area contributed by atoms with Gasteiger partial charge in [-0.3, -0.25) is 4.79 Å². The van der Waals surface area contributed by atoms with Gasteiger partial charge in [0, 0.05) is 17.9 Å². The van der Waals surface area contributed by atoms with E-state index in [0.29, 0.717) is 0 Å². The fourth-order valence-corrected chi connectivity index (χ4v) is 3.27. The topological polar surface area (TPSA) is 57.6 Å². The molecule has 4 heteroatoms. The van der Waals surface area contributed by atoms with Crippen LogP contribution in [0.4, 0.5) is 0 Å². The molecule has 3 unspecified atom stereocenters. The first-order valence-electron chi connectivity index (χ1n) is 5.75. The molecule has 0 radical (unpaired) electrons. The Morgan fingerprint density at radius 2 is 2.00 bits per heavy atom. The Kier molecular flexibility index (Phi) is 1.82. The maximum atomic E-state index is 11.9. The molecule has 1 aliphatic heterocycles. The van der Waals surface area contributed by atoms with Gasteiger partial charge in [0.1, 0.15) is 6.04 Å². The van der Waals surface area contributed by atoms with Crippen LogP contribution in [0.3, 0.4) is 0 Å². The molecule has 1 heterocycles. The number of nitrogens with zero attached hydrogens (tertiary/aromatic N) is 1. The molecule has 2 aliphatic carbocycles. The molecule has 0 aromatic rings. The molecule has 0 spiro atoms. The number of hydrogen-bond acceptors (Lipinski definition) is 2. The fraction of sp³-hybridized carbons (Fsp3) is 0.818. The molecule has 1 amide bonds. The van der Waals surface area contributed by atoms with Crippen molar-refractivity contribution in [2.24, 2.45) is 11.8 Å². The van der Waals surface area contributed by atoms with E-state index in [-0.39, 0.29) is 23.8 Å². The van der Waals surface area contributed by atoms with Gasteiger partial charge < -0.3 is 10.0 Å². The average Bonchev–Trinajstić information content (AvgIpc) is 2.68. The number of carboxylic acids is 1. The van der Waals surface area contributed by atoms with E-state index in [9.17, 15) is 9.59 Å². The van der Waals surface area contributed by atoms with Crippen LogP contribution in [0.15, 0.2) is 0 Å². The zero-order chi connectivity index (χ0) is 10.6. The summed E-state index contributed by atoms with van der Waals surface area (Å²) in [6.07, 6.45) is 5.06. The minimum absolute atomic E-state index is 0.0479. The second-order valence-corrected chi connectivity index (χ2v) is 4.97. The summed E-state index contributed by atoms with van der Waals surface area (Å²) in [5, 5.41) is 9.16. The third-order valence-electron chi connectivity index (χ3n) is 4.09. The van der Waals surface area contributed by atoms with Gasteiger partial charge in [-0.1, -0.05) is 12.8 Å². The Hall–Kier alpha value is -1.06. The van der Waals surface area contributed by atoms with E-state index < -0.39 is 12.0 Å². The number of carbonyl (C=O) groups is 2. The molecular formula is C11H15NO3. The number of carbonyl (C=O) groups excluding carboxylic acids is 1. The van der Waals surface area contributed by atoms with Crippen molar-refractivity contribution < 1.29 is 14.7 Å². The van der Waals surface area contributed by atoms with Gasteiger partial charge in [-0.15, -0.1) is 0 Å². The van der Waals surface area contributed by atoms with Crippen molar-refractivity contribution in [2.45, 2.75) is 44.2 Å². The summed E-state index contributed by atoms with van der Waals surface area (Å²) in [6.45, 7) is 0. The Labute approximate surface area is 88.2 Å². The Balaban J connectivity index is 1.85. The molecule has 0 bridgehead atoms. The predicted molar refractivity (Wildman–Crippen MR) is 52.1 cm³/mol.